The van der Waals surface area contributed by atoms with Crippen molar-refractivity contribution in [3.05, 3.63) is 17.5 Å². The van der Waals surface area contributed by atoms with Gasteiger partial charge in [0.2, 0.25) is 5.91 Å². The van der Waals surface area contributed by atoms with E-state index in [1.807, 2.05) is 19.0 Å². The van der Waals surface area contributed by atoms with Crippen LogP contribution < -0.4 is 0 Å². The first-order chi connectivity index (χ1) is 13.3. The predicted octanol–water partition coefficient (Wildman–Crippen LogP) is 2.03. The molecule has 0 unspecified atom stereocenters. The second-order valence-corrected chi connectivity index (χ2v) is 9.21. The number of piperidine rings is 1. The van der Waals surface area contributed by atoms with E-state index in [1.165, 1.54) is 0 Å². The maximum absolute atomic E-state index is 13.2. The monoisotopic (exact) mass is 388 g/mol. The van der Waals surface area contributed by atoms with E-state index in [1.54, 1.807) is 17.9 Å². The van der Waals surface area contributed by atoms with Gasteiger partial charge in [-0.15, -0.1) is 0 Å². The quantitative estimate of drug-likeness (QED) is 0.792. The number of carbonyl (C=O) groups excluding carboxylic acids is 2. The first-order valence-corrected chi connectivity index (χ1v) is 10.5. The van der Waals surface area contributed by atoms with Crippen LogP contribution >= 0.6 is 0 Å². The zero-order valence-corrected chi connectivity index (χ0v) is 17.5. The van der Waals surface area contributed by atoms with Gasteiger partial charge in [-0.2, -0.15) is 0 Å². The summed E-state index contributed by atoms with van der Waals surface area (Å²) < 4.78 is 5.07. The van der Waals surface area contributed by atoms with Gasteiger partial charge in [-0.1, -0.05) is 12.1 Å². The lowest BCUT2D eigenvalue weighted by molar-refractivity contribution is -0.141. The van der Waals surface area contributed by atoms with Crippen LogP contribution in [0.25, 0.3) is 0 Å². The Morgan fingerprint density at radius 1 is 1.25 bits per heavy atom. The van der Waals surface area contributed by atoms with Crippen molar-refractivity contribution in [2.45, 2.75) is 39.5 Å². The third-order valence-electron chi connectivity index (χ3n) is 7.59. The Labute approximate surface area is 167 Å². The highest BCUT2D eigenvalue weighted by atomic mass is 16.5. The highest BCUT2D eigenvalue weighted by molar-refractivity contribution is 5.92. The molecule has 2 amide bonds. The number of hydrogen-bond donors (Lipinski definition) is 0. The number of aromatic nitrogens is 1. The van der Waals surface area contributed by atoms with Gasteiger partial charge < -0.3 is 19.2 Å². The summed E-state index contributed by atoms with van der Waals surface area (Å²) in [6, 6.07) is 1.71. The summed E-state index contributed by atoms with van der Waals surface area (Å²) in [5, 5.41) is 3.88. The van der Waals surface area contributed by atoms with Crippen molar-refractivity contribution in [3.8, 4) is 0 Å². The predicted molar refractivity (Wildman–Crippen MR) is 105 cm³/mol. The van der Waals surface area contributed by atoms with Crippen LogP contribution in [0.1, 0.15) is 48.9 Å². The van der Waals surface area contributed by atoms with E-state index >= 15 is 0 Å². The van der Waals surface area contributed by atoms with Gasteiger partial charge in [-0.25, -0.2) is 0 Å². The number of aryl methyl sites for hydroxylation is 1. The van der Waals surface area contributed by atoms with Crippen molar-refractivity contribution < 1.29 is 14.1 Å². The number of hydrogen-bond acceptors (Lipinski definition) is 5. The number of likely N-dealkylation sites (tertiary alicyclic amines) is 2. The summed E-state index contributed by atoms with van der Waals surface area (Å²) in [7, 11) is 3.77. The van der Waals surface area contributed by atoms with Crippen LogP contribution in [0.3, 0.4) is 0 Å². The fraction of sp³-hybridized carbons (Fsp3) is 0.762. The minimum absolute atomic E-state index is 0.0399. The molecule has 2 atom stereocenters. The van der Waals surface area contributed by atoms with Crippen molar-refractivity contribution in [1.82, 2.24) is 19.9 Å². The van der Waals surface area contributed by atoms with Crippen molar-refractivity contribution in [2.24, 2.45) is 16.7 Å². The molecule has 3 fully saturated rings. The molecule has 7 nitrogen and oxygen atoms in total. The molecule has 4 rings (SSSR count). The number of fused-ring (bicyclic) bond motifs is 2. The summed E-state index contributed by atoms with van der Waals surface area (Å²) in [5.41, 5.74) is 0.330. The fourth-order valence-electron chi connectivity index (χ4n) is 6.08. The molecule has 3 heterocycles. The lowest BCUT2D eigenvalue weighted by Gasteiger charge is -2.44. The molecule has 154 valence electrons. The second kappa shape index (κ2) is 6.87. The number of amides is 2. The molecule has 0 N–H and O–H groups in total. The summed E-state index contributed by atoms with van der Waals surface area (Å²) in [6.07, 6.45) is 4.02. The van der Waals surface area contributed by atoms with Gasteiger partial charge in [0.05, 0.1) is 5.41 Å². The Balaban J connectivity index is 1.52. The summed E-state index contributed by atoms with van der Waals surface area (Å²) >= 11 is 0. The maximum Gasteiger partial charge on any atom is 0.276 e. The summed E-state index contributed by atoms with van der Waals surface area (Å²) in [4.78, 5) is 32.1. The van der Waals surface area contributed by atoms with Gasteiger partial charge in [-0.3, -0.25) is 9.59 Å². The van der Waals surface area contributed by atoms with E-state index in [4.69, 9.17) is 4.52 Å². The van der Waals surface area contributed by atoms with Crippen LogP contribution in [0.2, 0.25) is 0 Å². The minimum atomic E-state index is -0.241. The smallest absolute Gasteiger partial charge is 0.276 e. The molecule has 0 aromatic carbocycles. The van der Waals surface area contributed by atoms with E-state index in [0.717, 1.165) is 58.4 Å². The van der Waals surface area contributed by atoms with E-state index in [9.17, 15) is 9.59 Å². The molecule has 3 aliphatic rings. The molecular weight excluding hydrogens is 356 g/mol. The standard InChI is InChI=1S/C21H32N4O3/c1-5-24-13-17-20(6-7-21(17,14-24)19(27)23(3)4)8-10-25(11-9-20)18(26)16-12-15(2)28-22-16/h12,17H,5-11,13-14H2,1-4H3/t17-,21+/m0/s1. The maximum atomic E-state index is 13.2. The van der Waals surface area contributed by atoms with Crippen LogP contribution in [0.5, 0.6) is 0 Å². The van der Waals surface area contributed by atoms with Crippen molar-refractivity contribution in [2.75, 3.05) is 46.8 Å². The van der Waals surface area contributed by atoms with Crippen LogP contribution in [0.4, 0.5) is 0 Å². The fourth-order valence-corrected chi connectivity index (χ4v) is 6.08. The third kappa shape index (κ3) is 2.86. The van der Waals surface area contributed by atoms with Crippen LogP contribution in [0.15, 0.2) is 10.6 Å². The molecular formula is C21H32N4O3. The third-order valence-corrected chi connectivity index (χ3v) is 7.59. The number of carbonyl (C=O) groups is 2. The lowest BCUT2D eigenvalue weighted by Crippen LogP contribution is -2.49. The van der Waals surface area contributed by atoms with E-state index in [2.05, 4.69) is 17.0 Å². The molecule has 0 radical (unpaired) electrons. The highest BCUT2D eigenvalue weighted by Crippen LogP contribution is 2.62. The Hall–Kier alpha value is -1.89. The SMILES string of the molecule is CCN1C[C@H]2C3(CCN(C(=O)c4cc(C)on4)CC3)CC[C@@]2(C(=O)N(C)C)C1. The summed E-state index contributed by atoms with van der Waals surface area (Å²) in [5.74, 6) is 1.30. The Morgan fingerprint density at radius 2 is 1.96 bits per heavy atom. The minimum Gasteiger partial charge on any atom is -0.361 e. The molecule has 1 saturated carbocycles. The second-order valence-electron chi connectivity index (χ2n) is 9.21. The van der Waals surface area contributed by atoms with Crippen molar-refractivity contribution in [1.29, 1.82) is 0 Å². The zero-order chi connectivity index (χ0) is 20.1. The molecule has 1 aliphatic carbocycles. The van der Waals surface area contributed by atoms with Gasteiger partial charge >= 0.3 is 0 Å². The number of rotatable bonds is 3. The van der Waals surface area contributed by atoms with Gasteiger partial charge in [0.1, 0.15) is 5.76 Å². The Morgan fingerprint density at radius 3 is 2.54 bits per heavy atom. The molecule has 2 aliphatic heterocycles. The lowest BCUT2D eigenvalue weighted by atomic mass is 9.65. The van der Waals surface area contributed by atoms with Crippen LogP contribution in [0, 0.1) is 23.7 Å². The Bertz CT molecular complexity index is 765. The van der Waals surface area contributed by atoms with Crippen molar-refractivity contribution in [3.63, 3.8) is 0 Å². The molecule has 1 spiro atoms. The first-order valence-electron chi connectivity index (χ1n) is 10.5. The zero-order valence-electron chi connectivity index (χ0n) is 17.5. The first kappa shape index (κ1) is 19.4. The molecule has 2 saturated heterocycles. The number of nitrogens with zero attached hydrogens (tertiary/aromatic N) is 4. The van der Waals surface area contributed by atoms with Gasteiger partial charge in [0.25, 0.3) is 5.91 Å². The topological polar surface area (TPSA) is 69.9 Å². The Kier molecular flexibility index (Phi) is 4.76. The average molecular weight is 389 g/mol. The summed E-state index contributed by atoms with van der Waals surface area (Å²) in [6.45, 7) is 8.34. The van der Waals surface area contributed by atoms with E-state index in [0.29, 0.717) is 23.3 Å². The highest BCUT2D eigenvalue weighted by Gasteiger charge is 2.64. The van der Waals surface area contributed by atoms with Crippen molar-refractivity contribution >= 4 is 11.8 Å². The van der Waals surface area contributed by atoms with Crippen LogP contribution in [-0.4, -0.2) is 78.5 Å². The van der Waals surface area contributed by atoms with Gasteiger partial charge in [0.15, 0.2) is 5.69 Å². The average Bonchev–Trinajstić information content (AvgIpc) is 3.36. The normalized spacial score (nSPS) is 29.3. The molecule has 1 aromatic heterocycles. The molecule has 1 aromatic rings. The largest absolute Gasteiger partial charge is 0.361 e. The van der Waals surface area contributed by atoms with Gasteiger partial charge in [0, 0.05) is 46.3 Å². The molecule has 0 bridgehead atoms. The van der Waals surface area contributed by atoms with Crippen LogP contribution in [-0.2, 0) is 4.79 Å². The molecule has 28 heavy (non-hydrogen) atoms. The molecule has 7 heteroatoms. The van der Waals surface area contributed by atoms with E-state index in [-0.39, 0.29) is 16.7 Å². The van der Waals surface area contributed by atoms with E-state index < -0.39 is 0 Å². The van der Waals surface area contributed by atoms with Gasteiger partial charge in [-0.05, 0) is 50.5 Å².